The number of methoxy groups -OCH3 is 1. The van der Waals surface area contributed by atoms with Crippen molar-refractivity contribution in [1.82, 2.24) is 10.2 Å². The smallest absolute Gasteiger partial charge is 0.244 e. The van der Waals surface area contributed by atoms with E-state index in [-0.39, 0.29) is 24.2 Å². The van der Waals surface area contributed by atoms with Gasteiger partial charge in [-0.3, -0.25) is 13.9 Å². The zero-order valence-electron chi connectivity index (χ0n) is 22.7. The van der Waals surface area contributed by atoms with Crippen molar-refractivity contribution in [3.63, 3.8) is 0 Å². The average molecular weight is 560 g/mol. The second-order valence-corrected chi connectivity index (χ2v) is 12.0. The zero-order valence-corrected chi connectivity index (χ0v) is 23.5. The van der Waals surface area contributed by atoms with Crippen LogP contribution in [-0.2, 0) is 26.2 Å². The molecule has 39 heavy (non-hydrogen) atoms. The number of anilines is 1. The molecule has 11 heteroatoms. The largest absolute Gasteiger partial charge is 0.497 e. The van der Waals surface area contributed by atoms with Crippen molar-refractivity contribution in [2.75, 3.05) is 36.9 Å². The molecule has 2 aliphatic rings. The standard InChI is InChI=1S/C28H37N3O7S/c1-4-39(34,35)31(23-11-14-25-26(17-23)38-16-15-37-25)19-27(32)30(18-21-9-12-24(36-3)13-10-21)20(2)28(33)29-22-7-5-6-8-22/h9-14,17,20,22H,4-8,15-16,18-19H2,1-3H3,(H,29,33)/t20-/m0/s1. The molecule has 1 fully saturated rings. The minimum atomic E-state index is -3.84. The highest BCUT2D eigenvalue weighted by Crippen LogP contribution is 2.35. The molecular weight excluding hydrogens is 522 g/mol. The quantitative estimate of drug-likeness (QED) is 0.450. The van der Waals surface area contributed by atoms with E-state index in [0.29, 0.717) is 36.1 Å². The van der Waals surface area contributed by atoms with Crippen LogP contribution in [0.5, 0.6) is 17.2 Å². The van der Waals surface area contributed by atoms with Gasteiger partial charge in [0.15, 0.2) is 11.5 Å². The maximum absolute atomic E-state index is 13.8. The Morgan fingerprint density at radius 3 is 2.36 bits per heavy atom. The molecule has 0 radical (unpaired) electrons. The third-order valence-electron chi connectivity index (χ3n) is 7.17. The Balaban J connectivity index is 1.61. The molecule has 0 aromatic heterocycles. The first-order chi connectivity index (χ1) is 18.7. The van der Waals surface area contributed by atoms with Crippen molar-refractivity contribution in [3.8, 4) is 17.2 Å². The number of fused-ring (bicyclic) bond motifs is 1. The van der Waals surface area contributed by atoms with Crippen LogP contribution in [0.25, 0.3) is 0 Å². The monoisotopic (exact) mass is 559 g/mol. The highest BCUT2D eigenvalue weighted by molar-refractivity contribution is 7.92. The van der Waals surface area contributed by atoms with E-state index in [1.54, 1.807) is 44.4 Å². The van der Waals surface area contributed by atoms with E-state index in [9.17, 15) is 18.0 Å². The number of hydrogen-bond donors (Lipinski definition) is 1. The van der Waals surface area contributed by atoms with E-state index >= 15 is 0 Å². The van der Waals surface area contributed by atoms with E-state index < -0.39 is 28.5 Å². The second-order valence-electron chi connectivity index (χ2n) is 9.77. The first-order valence-electron chi connectivity index (χ1n) is 13.3. The maximum atomic E-state index is 13.8. The highest BCUT2D eigenvalue weighted by atomic mass is 32.2. The van der Waals surface area contributed by atoms with Crippen LogP contribution >= 0.6 is 0 Å². The Hall–Kier alpha value is -3.47. The number of amides is 2. The number of rotatable bonds is 11. The SMILES string of the molecule is CCS(=O)(=O)N(CC(=O)N(Cc1ccc(OC)cc1)[C@@H](C)C(=O)NC1CCCC1)c1ccc2c(c1)OCCO2. The fourth-order valence-electron chi connectivity index (χ4n) is 4.81. The molecule has 212 valence electrons. The number of nitrogens with one attached hydrogen (secondary N) is 1. The fraction of sp³-hybridized carbons (Fsp3) is 0.500. The molecule has 1 N–H and O–H groups in total. The van der Waals surface area contributed by atoms with E-state index in [1.807, 2.05) is 12.1 Å². The number of carbonyl (C=O) groups is 2. The first kappa shape index (κ1) is 28.5. The lowest BCUT2D eigenvalue weighted by molar-refractivity contribution is -0.139. The average Bonchev–Trinajstić information content (AvgIpc) is 3.47. The van der Waals surface area contributed by atoms with Crippen LogP contribution in [0.3, 0.4) is 0 Å². The first-order valence-corrected chi connectivity index (χ1v) is 15.0. The summed E-state index contributed by atoms with van der Waals surface area (Å²) >= 11 is 0. The van der Waals surface area contributed by atoms with Gasteiger partial charge in [0.1, 0.15) is 31.5 Å². The molecule has 2 amide bonds. The highest BCUT2D eigenvalue weighted by Gasteiger charge is 2.32. The molecule has 1 aliphatic carbocycles. The lowest BCUT2D eigenvalue weighted by Crippen LogP contribution is -2.52. The lowest BCUT2D eigenvalue weighted by atomic mass is 10.1. The second kappa shape index (κ2) is 12.6. The van der Waals surface area contributed by atoms with Crippen molar-refractivity contribution in [2.45, 2.75) is 58.2 Å². The molecule has 0 spiro atoms. The molecular formula is C28H37N3O7S. The van der Waals surface area contributed by atoms with Gasteiger partial charge >= 0.3 is 0 Å². The van der Waals surface area contributed by atoms with Gasteiger partial charge in [-0.15, -0.1) is 0 Å². The number of carbonyl (C=O) groups excluding carboxylic acids is 2. The summed E-state index contributed by atoms with van der Waals surface area (Å²) in [5.41, 5.74) is 1.08. The predicted octanol–water partition coefficient (Wildman–Crippen LogP) is 3.10. The molecule has 0 bridgehead atoms. The maximum Gasteiger partial charge on any atom is 0.244 e. The van der Waals surface area contributed by atoms with Crippen LogP contribution < -0.4 is 23.8 Å². The van der Waals surface area contributed by atoms with Crippen LogP contribution in [0.2, 0.25) is 0 Å². The van der Waals surface area contributed by atoms with Crippen molar-refractivity contribution in [2.24, 2.45) is 0 Å². The molecule has 0 saturated heterocycles. The summed E-state index contributed by atoms with van der Waals surface area (Å²) in [6.45, 7) is 3.62. The molecule has 2 aromatic carbocycles. The van der Waals surface area contributed by atoms with Gasteiger partial charge in [-0.25, -0.2) is 8.42 Å². The molecule has 1 aliphatic heterocycles. The summed E-state index contributed by atoms with van der Waals surface area (Å²) in [6, 6.07) is 11.3. The summed E-state index contributed by atoms with van der Waals surface area (Å²) < 4.78 is 43.9. The zero-order chi connectivity index (χ0) is 28.0. The third kappa shape index (κ3) is 6.95. The Labute approximate surface area is 230 Å². The number of sulfonamides is 1. The molecule has 10 nitrogen and oxygen atoms in total. The number of nitrogens with zero attached hydrogens (tertiary/aromatic N) is 2. The number of hydrogen-bond acceptors (Lipinski definition) is 7. The van der Waals surface area contributed by atoms with E-state index in [4.69, 9.17) is 14.2 Å². The van der Waals surface area contributed by atoms with Gasteiger partial charge < -0.3 is 24.4 Å². The molecule has 1 heterocycles. The molecule has 4 rings (SSSR count). The van der Waals surface area contributed by atoms with Crippen molar-refractivity contribution >= 4 is 27.5 Å². The minimum absolute atomic E-state index is 0.0903. The van der Waals surface area contributed by atoms with Crippen LogP contribution in [0.1, 0.15) is 45.1 Å². The van der Waals surface area contributed by atoms with Gasteiger partial charge in [0.25, 0.3) is 0 Å². The topological polar surface area (TPSA) is 114 Å². The van der Waals surface area contributed by atoms with Crippen LogP contribution in [-0.4, -0.2) is 69.8 Å². The number of benzene rings is 2. The van der Waals surface area contributed by atoms with Crippen molar-refractivity contribution in [1.29, 1.82) is 0 Å². The Bertz CT molecular complexity index is 1260. The Morgan fingerprint density at radius 1 is 1.05 bits per heavy atom. The molecule has 1 saturated carbocycles. The summed E-state index contributed by atoms with van der Waals surface area (Å²) in [5, 5.41) is 3.06. The summed E-state index contributed by atoms with van der Waals surface area (Å²) in [7, 11) is -2.27. The summed E-state index contributed by atoms with van der Waals surface area (Å²) in [4.78, 5) is 28.5. The molecule has 0 unspecified atom stereocenters. The fourth-order valence-corrected chi connectivity index (χ4v) is 5.86. The van der Waals surface area contributed by atoms with Gasteiger partial charge in [-0.2, -0.15) is 0 Å². The van der Waals surface area contributed by atoms with Gasteiger partial charge in [-0.05, 0) is 56.5 Å². The lowest BCUT2D eigenvalue weighted by Gasteiger charge is -2.32. The van der Waals surface area contributed by atoms with Crippen LogP contribution in [0.4, 0.5) is 5.69 Å². The molecule has 2 aromatic rings. The summed E-state index contributed by atoms with van der Waals surface area (Å²) in [6.07, 6.45) is 3.95. The van der Waals surface area contributed by atoms with Gasteiger partial charge in [0.05, 0.1) is 18.6 Å². The van der Waals surface area contributed by atoms with E-state index in [1.165, 1.54) is 11.8 Å². The van der Waals surface area contributed by atoms with Gasteiger partial charge in [-0.1, -0.05) is 25.0 Å². The van der Waals surface area contributed by atoms with E-state index in [0.717, 1.165) is 35.6 Å². The van der Waals surface area contributed by atoms with Crippen LogP contribution in [0, 0.1) is 0 Å². The van der Waals surface area contributed by atoms with Crippen LogP contribution in [0.15, 0.2) is 42.5 Å². The number of ether oxygens (including phenoxy) is 3. The summed E-state index contributed by atoms with van der Waals surface area (Å²) in [5.74, 6) is 0.651. The Kier molecular flexibility index (Phi) is 9.21. The van der Waals surface area contributed by atoms with Crippen molar-refractivity contribution < 1.29 is 32.2 Å². The van der Waals surface area contributed by atoms with Gasteiger partial charge in [0, 0.05) is 18.7 Å². The third-order valence-corrected chi connectivity index (χ3v) is 8.92. The Morgan fingerprint density at radius 2 is 1.72 bits per heavy atom. The predicted molar refractivity (Wildman–Crippen MR) is 148 cm³/mol. The molecule has 1 atom stereocenters. The normalized spacial score (nSPS) is 15.9. The van der Waals surface area contributed by atoms with Crippen molar-refractivity contribution in [3.05, 3.63) is 48.0 Å². The minimum Gasteiger partial charge on any atom is -0.497 e. The van der Waals surface area contributed by atoms with E-state index in [2.05, 4.69) is 5.32 Å². The van der Waals surface area contributed by atoms with Gasteiger partial charge in [0.2, 0.25) is 21.8 Å².